The van der Waals surface area contributed by atoms with Crippen molar-refractivity contribution in [3.05, 3.63) is 65.7 Å². The van der Waals surface area contributed by atoms with Gasteiger partial charge in [0.1, 0.15) is 5.75 Å². The number of aliphatic hydroxyl groups excluding tert-OH is 1. The van der Waals surface area contributed by atoms with Gasteiger partial charge in [0.15, 0.2) is 0 Å². The number of carbonyl (C=O) groups is 1. The van der Waals surface area contributed by atoms with Crippen LogP contribution in [0.3, 0.4) is 0 Å². The topological polar surface area (TPSA) is 64.0 Å². The van der Waals surface area contributed by atoms with E-state index in [-0.39, 0.29) is 24.3 Å². The summed E-state index contributed by atoms with van der Waals surface area (Å²) in [5.74, 6) is 0.367. The maximum Gasteiger partial charge on any atom is 0.224 e. The summed E-state index contributed by atoms with van der Waals surface area (Å²) in [4.78, 5) is 16.7. The van der Waals surface area contributed by atoms with Crippen LogP contribution in [0.15, 0.2) is 54.6 Å². The lowest BCUT2D eigenvalue weighted by Gasteiger charge is -2.30. The number of aliphatic hydroxyl groups is 1. The molecule has 0 saturated carbocycles. The number of hydrogen-bond donors (Lipinski definition) is 2. The van der Waals surface area contributed by atoms with Crippen molar-refractivity contribution in [3.63, 3.8) is 0 Å². The van der Waals surface area contributed by atoms with Gasteiger partial charge in [0.25, 0.3) is 0 Å². The molecule has 1 amide bonds. The molecule has 26 heavy (non-hydrogen) atoms. The van der Waals surface area contributed by atoms with Gasteiger partial charge in [-0.25, -0.2) is 0 Å². The van der Waals surface area contributed by atoms with Crippen LogP contribution in [0.5, 0.6) is 5.75 Å². The van der Waals surface area contributed by atoms with Gasteiger partial charge >= 0.3 is 0 Å². The smallest absolute Gasteiger partial charge is 0.224 e. The van der Waals surface area contributed by atoms with E-state index < -0.39 is 0 Å². The fourth-order valence-corrected chi connectivity index (χ4v) is 3.45. The van der Waals surface area contributed by atoms with E-state index in [1.165, 1.54) is 0 Å². The molecule has 0 spiro atoms. The van der Waals surface area contributed by atoms with Gasteiger partial charge in [0.2, 0.25) is 5.91 Å². The summed E-state index contributed by atoms with van der Waals surface area (Å²) in [6.07, 6.45) is 1.13. The second kappa shape index (κ2) is 8.83. The molecule has 1 aliphatic heterocycles. The Morgan fingerprint density at radius 3 is 2.35 bits per heavy atom. The van der Waals surface area contributed by atoms with Gasteiger partial charge in [-0.05, 0) is 29.7 Å². The highest BCUT2D eigenvalue weighted by atomic mass is 16.3. The van der Waals surface area contributed by atoms with E-state index in [1.807, 2.05) is 47.4 Å². The first-order valence-electron chi connectivity index (χ1n) is 9.10. The Morgan fingerprint density at radius 1 is 0.923 bits per heavy atom. The number of phenolic OH excluding ortho intramolecular Hbond substituents is 1. The third-order valence-corrected chi connectivity index (χ3v) is 4.93. The molecule has 0 aliphatic carbocycles. The Labute approximate surface area is 154 Å². The number of nitrogens with zero attached hydrogens (tertiary/aromatic N) is 2. The Kier molecular flexibility index (Phi) is 6.26. The minimum atomic E-state index is -0.182. The van der Waals surface area contributed by atoms with Crippen molar-refractivity contribution in [1.29, 1.82) is 0 Å². The fraction of sp³-hybridized carbons (Fsp3) is 0.381. The maximum absolute atomic E-state index is 12.6. The van der Waals surface area contributed by atoms with Gasteiger partial charge in [0, 0.05) is 32.6 Å². The third kappa shape index (κ3) is 4.84. The Bertz CT molecular complexity index is 703. The third-order valence-electron chi connectivity index (χ3n) is 4.93. The zero-order chi connectivity index (χ0) is 18.4. The van der Waals surface area contributed by atoms with E-state index in [0.29, 0.717) is 25.9 Å². The predicted molar refractivity (Wildman–Crippen MR) is 101 cm³/mol. The summed E-state index contributed by atoms with van der Waals surface area (Å²) < 4.78 is 0. The number of benzene rings is 2. The molecule has 0 radical (unpaired) electrons. The van der Waals surface area contributed by atoms with Gasteiger partial charge in [0.05, 0.1) is 12.6 Å². The number of hydrogen-bond acceptors (Lipinski definition) is 4. The van der Waals surface area contributed by atoms with E-state index in [2.05, 4.69) is 4.90 Å². The van der Waals surface area contributed by atoms with Crippen molar-refractivity contribution in [2.75, 3.05) is 26.2 Å². The quantitative estimate of drug-likeness (QED) is 0.833. The average Bonchev–Trinajstić information content (AvgIpc) is 2.84. The van der Waals surface area contributed by atoms with Crippen molar-refractivity contribution in [3.8, 4) is 5.75 Å². The molecule has 2 N–H and O–H groups in total. The molecular formula is C21H26N2O3. The first-order valence-corrected chi connectivity index (χ1v) is 9.10. The van der Waals surface area contributed by atoms with Crippen molar-refractivity contribution in [2.24, 2.45) is 0 Å². The van der Waals surface area contributed by atoms with Crippen LogP contribution in [0.25, 0.3) is 0 Å². The lowest BCUT2D eigenvalue weighted by Crippen LogP contribution is -2.44. The second-order valence-corrected chi connectivity index (χ2v) is 6.81. The summed E-state index contributed by atoms with van der Waals surface area (Å²) in [5, 5.41) is 19.2. The molecule has 2 aromatic rings. The first-order chi connectivity index (χ1) is 12.7. The van der Waals surface area contributed by atoms with Crippen LogP contribution in [-0.2, 0) is 17.8 Å². The van der Waals surface area contributed by atoms with E-state index >= 15 is 0 Å². The van der Waals surface area contributed by atoms with Crippen molar-refractivity contribution < 1.29 is 15.0 Å². The van der Waals surface area contributed by atoms with Gasteiger partial charge in [-0.3, -0.25) is 9.69 Å². The molecule has 1 saturated heterocycles. The van der Waals surface area contributed by atoms with Gasteiger partial charge in [-0.1, -0.05) is 42.5 Å². The fourth-order valence-electron chi connectivity index (χ4n) is 3.45. The normalized spacial score (nSPS) is 17.1. The van der Waals surface area contributed by atoms with Gasteiger partial charge in [-0.15, -0.1) is 0 Å². The largest absolute Gasteiger partial charge is 0.508 e. The molecule has 5 nitrogen and oxygen atoms in total. The first kappa shape index (κ1) is 18.4. The minimum Gasteiger partial charge on any atom is -0.508 e. The number of carbonyl (C=O) groups excluding carboxylic acids is 1. The molecule has 0 unspecified atom stereocenters. The maximum atomic E-state index is 12.6. The van der Waals surface area contributed by atoms with Crippen molar-refractivity contribution in [2.45, 2.75) is 25.4 Å². The Hall–Kier alpha value is -2.37. The molecule has 0 aromatic heterocycles. The number of amides is 1. The highest BCUT2D eigenvalue weighted by molar-refractivity contribution is 5.77. The van der Waals surface area contributed by atoms with Crippen LogP contribution < -0.4 is 0 Å². The molecule has 5 heteroatoms. The van der Waals surface area contributed by atoms with Crippen molar-refractivity contribution >= 4 is 5.91 Å². The zero-order valence-electron chi connectivity index (χ0n) is 14.9. The molecule has 1 aliphatic rings. The highest BCUT2D eigenvalue weighted by Gasteiger charge is 2.27. The van der Waals surface area contributed by atoms with Crippen LogP contribution in [0.2, 0.25) is 0 Å². The monoisotopic (exact) mass is 354 g/mol. The lowest BCUT2D eigenvalue weighted by molar-refractivity contribution is -0.133. The van der Waals surface area contributed by atoms with Crippen LogP contribution in [-0.4, -0.2) is 58.2 Å². The predicted octanol–water partition coefficient (Wildman–Crippen LogP) is 2.03. The lowest BCUT2D eigenvalue weighted by atomic mass is 10.0. The van der Waals surface area contributed by atoms with Crippen LogP contribution in [0.4, 0.5) is 0 Å². The van der Waals surface area contributed by atoms with Crippen LogP contribution in [0.1, 0.15) is 17.5 Å². The summed E-state index contributed by atoms with van der Waals surface area (Å²) in [6, 6.07) is 17.0. The summed E-state index contributed by atoms with van der Waals surface area (Å²) in [6.45, 7) is 2.83. The van der Waals surface area contributed by atoms with Crippen LogP contribution in [0, 0.1) is 0 Å². The molecule has 1 heterocycles. The number of aromatic hydroxyl groups is 1. The van der Waals surface area contributed by atoms with Gasteiger partial charge < -0.3 is 15.1 Å². The zero-order valence-corrected chi connectivity index (χ0v) is 14.9. The minimum absolute atomic E-state index is 0.0292. The average molecular weight is 354 g/mol. The van der Waals surface area contributed by atoms with Gasteiger partial charge in [-0.2, -0.15) is 0 Å². The Balaban J connectivity index is 1.62. The molecule has 1 fully saturated rings. The Morgan fingerprint density at radius 2 is 1.65 bits per heavy atom. The SMILES string of the molecule is O=C1CCN(Cc2ccc(O)cc2)CCN1[C@H](CO)Cc1ccccc1. The van der Waals surface area contributed by atoms with E-state index in [4.69, 9.17) is 0 Å². The molecule has 2 aromatic carbocycles. The van der Waals surface area contributed by atoms with E-state index in [9.17, 15) is 15.0 Å². The summed E-state index contributed by atoms with van der Waals surface area (Å²) >= 11 is 0. The molecule has 0 bridgehead atoms. The standard InChI is InChI=1S/C21H26N2O3/c24-16-19(14-17-4-2-1-3-5-17)23-13-12-22(11-10-21(23)26)15-18-6-8-20(25)9-7-18/h1-9,19,24-25H,10-16H2/t19-/m0/s1. The van der Waals surface area contributed by atoms with E-state index in [0.717, 1.165) is 24.2 Å². The highest BCUT2D eigenvalue weighted by Crippen LogP contribution is 2.16. The molecule has 3 rings (SSSR count). The molecule has 138 valence electrons. The molecular weight excluding hydrogens is 328 g/mol. The van der Waals surface area contributed by atoms with Crippen LogP contribution >= 0.6 is 0 Å². The van der Waals surface area contributed by atoms with Crippen molar-refractivity contribution in [1.82, 2.24) is 9.80 Å². The molecule has 1 atom stereocenters. The van der Waals surface area contributed by atoms with E-state index in [1.54, 1.807) is 12.1 Å². The second-order valence-electron chi connectivity index (χ2n) is 6.81. The number of rotatable bonds is 6. The number of phenols is 1. The summed E-state index contributed by atoms with van der Waals surface area (Å²) in [7, 11) is 0. The summed E-state index contributed by atoms with van der Waals surface area (Å²) in [5.41, 5.74) is 2.25.